The molecule has 1 amide bonds. The van der Waals surface area contributed by atoms with E-state index in [1.54, 1.807) is 6.07 Å². The standard InChI is InChI=1S/C20H19FN8O2/c21-13-5-11(6-14(7-13)26-20-29-25-10-31-20)8-22-19(30)16-15-18(24-9-23-16)28-17(27-15)12-3-1-2-4-12/h5-7,9-10,12H,1-4,8H2,(H,22,30)(H,26,29)(H,23,24,27,28). The number of nitrogens with zero attached hydrogens (tertiary/aromatic N) is 5. The van der Waals surface area contributed by atoms with Crippen molar-refractivity contribution in [2.24, 2.45) is 0 Å². The van der Waals surface area contributed by atoms with Crippen molar-refractivity contribution in [1.29, 1.82) is 0 Å². The summed E-state index contributed by atoms with van der Waals surface area (Å²) in [6.45, 7) is 0.101. The van der Waals surface area contributed by atoms with E-state index in [2.05, 4.69) is 40.8 Å². The molecular formula is C20H19FN8O2. The number of aromatic amines is 1. The molecule has 1 saturated carbocycles. The molecule has 0 saturated heterocycles. The van der Waals surface area contributed by atoms with Crippen LogP contribution in [0.1, 0.15) is 53.5 Å². The minimum Gasteiger partial charge on any atom is -0.411 e. The fraction of sp³-hybridized carbons (Fsp3) is 0.300. The molecule has 4 aromatic rings. The number of halogens is 1. The van der Waals surface area contributed by atoms with Crippen LogP contribution in [0.2, 0.25) is 0 Å². The summed E-state index contributed by atoms with van der Waals surface area (Å²) < 4.78 is 19.0. The maximum Gasteiger partial charge on any atom is 0.319 e. The van der Waals surface area contributed by atoms with E-state index in [9.17, 15) is 9.18 Å². The molecule has 5 rings (SSSR count). The number of imidazole rings is 1. The van der Waals surface area contributed by atoms with E-state index in [1.165, 1.54) is 37.7 Å². The predicted octanol–water partition coefficient (Wildman–Crippen LogP) is 3.21. The van der Waals surface area contributed by atoms with Crippen LogP contribution in [0.4, 0.5) is 16.1 Å². The Balaban J connectivity index is 1.32. The monoisotopic (exact) mass is 422 g/mol. The van der Waals surface area contributed by atoms with Crippen molar-refractivity contribution in [1.82, 2.24) is 35.5 Å². The molecule has 0 bridgehead atoms. The zero-order chi connectivity index (χ0) is 21.2. The van der Waals surface area contributed by atoms with Crippen LogP contribution in [0.5, 0.6) is 0 Å². The molecular weight excluding hydrogens is 403 g/mol. The van der Waals surface area contributed by atoms with E-state index in [0.717, 1.165) is 18.7 Å². The molecule has 3 aromatic heterocycles. The van der Waals surface area contributed by atoms with Crippen LogP contribution < -0.4 is 10.6 Å². The minimum absolute atomic E-state index is 0.101. The van der Waals surface area contributed by atoms with Gasteiger partial charge in [-0.3, -0.25) is 4.79 Å². The van der Waals surface area contributed by atoms with Gasteiger partial charge >= 0.3 is 6.01 Å². The van der Waals surface area contributed by atoms with Gasteiger partial charge in [0.1, 0.15) is 23.5 Å². The van der Waals surface area contributed by atoms with Crippen LogP contribution in [-0.4, -0.2) is 36.0 Å². The van der Waals surface area contributed by atoms with Gasteiger partial charge in [0.15, 0.2) is 11.3 Å². The number of hydrogen-bond acceptors (Lipinski definition) is 8. The number of amides is 1. The lowest BCUT2D eigenvalue weighted by Gasteiger charge is -2.08. The molecule has 158 valence electrons. The Morgan fingerprint density at radius 1 is 1.23 bits per heavy atom. The van der Waals surface area contributed by atoms with Crippen LogP contribution in [0.25, 0.3) is 11.2 Å². The van der Waals surface area contributed by atoms with Gasteiger partial charge in [-0.05, 0) is 36.6 Å². The highest BCUT2D eigenvalue weighted by Crippen LogP contribution is 2.33. The zero-order valence-corrected chi connectivity index (χ0v) is 16.4. The van der Waals surface area contributed by atoms with Crippen molar-refractivity contribution in [3.8, 4) is 0 Å². The van der Waals surface area contributed by atoms with Crippen molar-refractivity contribution in [3.63, 3.8) is 0 Å². The van der Waals surface area contributed by atoms with Crippen LogP contribution in [0.15, 0.2) is 35.3 Å². The van der Waals surface area contributed by atoms with Crippen molar-refractivity contribution in [3.05, 3.63) is 53.8 Å². The summed E-state index contributed by atoms with van der Waals surface area (Å²) in [5.74, 6) is 0.351. The topological polar surface area (TPSA) is 135 Å². The molecule has 10 nitrogen and oxygen atoms in total. The first-order valence-corrected chi connectivity index (χ1v) is 9.97. The lowest BCUT2D eigenvalue weighted by molar-refractivity contribution is 0.0947. The number of anilines is 2. The summed E-state index contributed by atoms with van der Waals surface area (Å²) in [4.78, 5) is 28.9. The Kier molecular flexibility index (Phi) is 4.98. The van der Waals surface area contributed by atoms with Gasteiger partial charge < -0.3 is 20.0 Å². The van der Waals surface area contributed by atoms with Crippen LogP contribution in [0.3, 0.4) is 0 Å². The zero-order valence-electron chi connectivity index (χ0n) is 16.4. The Labute approximate surface area is 175 Å². The molecule has 3 heterocycles. The Hall–Kier alpha value is -3.89. The molecule has 11 heteroatoms. The number of H-pyrrole nitrogens is 1. The quantitative estimate of drug-likeness (QED) is 0.431. The van der Waals surface area contributed by atoms with E-state index in [4.69, 9.17) is 4.42 Å². The summed E-state index contributed by atoms with van der Waals surface area (Å²) >= 11 is 0. The largest absolute Gasteiger partial charge is 0.411 e. The number of carbonyl (C=O) groups is 1. The normalized spacial score (nSPS) is 14.2. The molecule has 0 atom stereocenters. The number of aromatic nitrogens is 6. The van der Waals surface area contributed by atoms with Crippen LogP contribution >= 0.6 is 0 Å². The fourth-order valence-corrected chi connectivity index (χ4v) is 3.85. The second-order valence-corrected chi connectivity index (χ2v) is 7.42. The number of hydrogen-bond donors (Lipinski definition) is 3. The first-order valence-electron chi connectivity index (χ1n) is 9.97. The molecule has 31 heavy (non-hydrogen) atoms. The van der Waals surface area contributed by atoms with Gasteiger partial charge in [-0.25, -0.2) is 19.3 Å². The van der Waals surface area contributed by atoms with E-state index < -0.39 is 11.7 Å². The van der Waals surface area contributed by atoms with Gasteiger partial charge in [0.2, 0.25) is 6.39 Å². The Morgan fingerprint density at radius 3 is 2.90 bits per heavy atom. The van der Waals surface area contributed by atoms with Crippen LogP contribution in [-0.2, 0) is 6.54 Å². The third kappa shape index (κ3) is 4.06. The van der Waals surface area contributed by atoms with E-state index in [0.29, 0.717) is 28.3 Å². The number of nitrogens with one attached hydrogen (secondary N) is 3. The molecule has 1 aliphatic carbocycles. The summed E-state index contributed by atoms with van der Waals surface area (Å²) in [7, 11) is 0. The van der Waals surface area contributed by atoms with Crippen LogP contribution in [0, 0.1) is 5.82 Å². The highest BCUT2D eigenvalue weighted by Gasteiger charge is 2.23. The third-order valence-corrected chi connectivity index (χ3v) is 5.29. The minimum atomic E-state index is -0.465. The number of rotatable bonds is 6. The van der Waals surface area contributed by atoms with Gasteiger partial charge in [0, 0.05) is 18.2 Å². The highest BCUT2D eigenvalue weighted by atomic mass is 19.1. The summed E-state index contributed by atoms with van der Waals surface area (Å²) in [5, 5.41) is 12.8. The highest BCUT2D eigenvalue weighted by molar-refractivity contribution is 6.02. The second kappa shape index (κ2) is 8.09. The molecule has 1 fully saturated rings. The predicted molar refractivity (Wildman–Crippen MR) is 108 cm³/mol. The van der Waals surface area contributed by atoms with Crippen molar-refractivity contribution in [2.45, 2.75) is 38.1 Å². The molecule has 1 aromatic carbocycles. The lowest BCUT2D eigenvalue weighted by Crippen LogP contribution is -2.24. The first-order chi connectivity index (χ1) is 15.2. The molecule has 0 radical (unpaired) electrons. The molecule has 0 aliphatic heterocycles. The van der Waals surface area contributed by atoms with Gasteiger partial charge in [-0.15, -0.1) is 5.10 Å². The average Bonchev–Trinajstić information content (AvgIpc) is 3.52. The summed E-state index contributed by atoms with van der Waals surface area (Å²) in [6, 6.07) is 4.45. The van der Waals surface area contributed by atoms with Crippen molar-refractivity contribution in [2.75, 3.05) is 5.32 Å². The smallest absolute Gasteiger partial charge is 0.319 e. The summed E-state index contributed by atoms with van der Waals surface area (Å²) in [5.41, 5.74) is 2.17. The van der Waals surface area contributed by atoms with Gasteiger partial charge in [-0.1, -0.05) is 17.9 Å². The molecule has 3 N–H and O–H groups in total. The van der Waals surface area contributed by atoms with Gasteiger partial charge in [0.05, 0.1) is 0 Å². The number of carbonyl (C=O) groups excluding carboxylic acids is 1. The van der Waals surface area contributed by atoms with E-state index in [-0.39, 0.29) is 18.3 Å². The SMILES string of the molecule is O=C(NCc1cc(F)cc(Nc2nnco2)c1)c1ncnc2nc(C3CCCC3)[nH]c12. The van der Waals surface area contributed by atoms with Crippen molar-refractivity contribution < 1.29 is 13.6 Å². The lowest BCUT2D eigenvalue weighted by atomic mass is 10.1. The van der Waals surface area contributed by atoms with E-state index >= 15 is 0 Å². The maximum absolute atomic E-state index is 14.0. The fourth-order valence-electron chi connectivity index (χ4n) is 3.85. The Bertz CT molecular complexity index is 1220. The number of fused-ring (bicyclic) bond motifs is 1. The van der Waals surface area contributed by atoms with Crippen molar-refractivity contribution >= 4 is 28.8 Å². The Morgan fingerprint density at radius 2 is 2.10 bits per heavy atom. The average molecular weight is 422 g/mol. The third-order valence-electron chi connectivity index (χ3n) is 5.29. The second-order valence-electron chi connectivity index (χ2n) is 7.42. The number of benzene rings is 1. The summed E-state index contributed by atoms with van der Waals surface area (Å²) in [6.07, 6.45) is 7.00. The molecule has 0 unspecified atom stereocenters. The van der Waals surface area contributed by atoms with Gasteiger partial charge in [-0.2, -0.15) is 0 Å². The first kappa shape index (κ1) is 19.1. The molecule has 1 aliphatic rings. The van der Waals surface area contributed by atoms with Gasteiger partial charge in [0.25, 0.3) is 5.91 Å². The maximum atomic E-state index is 14.0. The van der Waals surface area contributed by atoms with E-state index in [1.807, 2.05) is 0 Å². The molecule has 0 spiro atoms.